The summed E-state index contributed by atoms with van der Waals surface area (Å²) in [5.41, 5.74) is 5.64. The third-order valence-corrected chi connectivity index (χ3v) is 4.83. The first-order valence-corrected chi connectivity index (χ1v) is 7.13. The lowest BCUT2D eigenvalue weighted by atomic mass is 10.4. The van der Waals surface area contributed by atoms with Crippen molar-refractivity contribution >= 4 is 25.8 Å². The highest BCUT2D eigenvalue weighted by Gasteiger charge is 2.20. The molecule has 0 bridgehead atoms. The first-order chi connectivity index (χ1) is 7.47. The summed E-state index contributed by atoms with van der Waals surface area (Å²) in [5, 5.41) is 0. The van der Waals surface area contributed by atoms with E-state index in [4.69, 9.17) is 10.5 Å². The van der Waals surface area contributed by atoms with Crippen LogP contribution in [0.15, 0.2) is 33.6 Å². The van der Waals surface area contributed by atoms with Gasteiger partial charge in [-0.25, -0.2) is 8.42 Å². The van der Waals surface area contributed by atoms with Crippen molar-refractivity contribution in [3.8, 4) is 0 Å². The quantitative estimate of drug-likeness (QED) is 0.887. The van der Waals surface area contributed by atoms with Crippen molar-refractivity contribution < 1.29 is 13.2 Å². The Morgan fingerprint density at radius 2 is 2.06 bits per heavy atom. The number of benzene rings is 1. The Balaban J connectivity index is 2.91. The third kappa shape index (κ3) is 3.55. The molecule has 1 rings (SSSR count). The van der Waals surface area contributed by atoms with Gasteiger partial charge >= 0.3 is 0 Å². The SMILES string of the molecule is COCC(N)CS(=O)(=O)c1ccccc1Br. The molecule has 2 N–H and O–H groups in total. The molecular formula is C10H14BrNO3S. The Morgan fingerprint density at radius 1 is 1.44 bits per heavy atom. The summed E-state index contributed by atoms with van der Waals surface area (Å²) < 4.78 is 29.3. The van der Waals surface area contributed by atoms with E-state index in [1.54, 1.807) is 24.3 Å². The first kappa shape index (κ1) is 13.6. The van der Waals surface area contributed by atoms with Crippen LogP contribution >= 0.6 is 15.9 Å². The van der Waals surface area contributed by atoms with Crippen LogP contribution in [0.2, 0.25) is 0 Å². The molecule has 0 amide bonds. The van der Waals surface area contributed by atoms with E-state index in [1.807, 2.05) is 0 Å². The summed E-state index contributed by atoms with van der Waals surface area (Å²) in [5.74, 6) is -0.122. The van der Waals surface area contributed by atoms with Crippen LogP contribution in [0.3, 0.4) is 0 Å². The van der Waals surface area contributed by atoms with E-state index in [1.165, 1.54) is 7.11 Å². The van der Waals surface area contributed by atoms with Crippen molar-refractivity contribution in [1.82, 2.24) is 0 Å². The Bertz CT molecular complexity index is 447. The monoisotopic (exact) mass is 307 g/mol. The van der Waals surface area contributed by atoms with E-state index >= 15 is 0 Å². The zero-order valence-corrected chi connectivity index (χ0v) is 11.3. The molecule has 16 heavy (non-hydrogen) atoms. The summed E-state index contributed by atoms with van der Waals surface area (Å²) in [6.07, 6.45) is 0. The molecule has 90 valence electrons. The second-order valence-corrected chi connectivity index (χ2v) is 6.28. The van der Waals surface area contributed by atoms with Gasteiger partial charge in [0.1, 0.15) is 0 Å². The van der Waals surface area contributed by atoms with Gasteiger partial charge in [0, 0.05) is 17.6 Å². The van der Waals surface area contributed by atoms with E-state index < -0.39 is 15.9 Å². The highest BCUT2D eigenvalue weighted by Crippen LogP contribution is 2.22. The third-order valence-electron chi connectivity index (χ3n) is 1.99. The van der Waals surface area contributed by atoms with Gasteiger partial charge in [0.15, 0.2) is 9.84 Å². The summed E-state index contributed by atoms with van der Waals surface area (Å²) >= 11 is 3.21. The molecule has 0 aromatic heterocycles. The number of halogens is 1. The molecule has 0 aliphatic carbocycles. The van der Waals surface area contributed by atoms with Crippen molar-refractivity contribution in [1.29, 1.82) is 0 Å². The van der Waals surface area contributed by atoms with Crippen LogP contribution in [0, 0.1) is 0 Å². The van der Waals surface area contributed by atoms with Crippen molar-refractivity contribution in [2.24, 2.45) is 5.73 Å². The van der Waals surface area contributed by atoms with Gasteiger partial charge in [-0.05, 0) is 28.1 Å². The van der Waals surface area contributed by atoms with Gasteiger partial charge in [0.2, 0.25) is 0 Å². The summed E-state index contributed by atoms with van der Waals surface area (Å²) in [7, 11) is -1.87. The van der Waals surface area contributed by atoms with Crippen molar-refractivity contribution in [2.45, 2.75) is 10.9 Å². The van der Waals surface area contributed by atoms with Gasteiger partial charge in [-0.15, -0.1) is 0 Å². The molecule has 1 aromatic rings. The van der Waals surface area contributed by atoms with Crippen LogP contribution < -0.4 is 5.73 Å². The number of hydrogen-bond donors (Lipinski definition) is 1. The fourth-order valence-electron chi connectivity index (χ4n) is 1.33. The largest absolute Gasteiger partial charge is 0.383 e. The molecule has 0 spiro atoms. The molecule has 4 nitrogen and oxygen atoms in total. The van der Waals surface area contributed by atoms with Crippen molar-refractivity contribution in [3.63, 3.8) is 0 Å². The molecule has 1 atom stereocenters. The van der Waals surface area contributed by atoms with E-state index in [-0.39, 0.29) is 17.3 Å². The lowest BCUT2D eigenvalue weighted by Crippen LogP contribution is -2.33. The molecule has 0 fully saturated rings. The molecule has 0 saturated heterocycles. The summed E-state index contributed by atoms with van der Waals surface area (Å²) in [6.45, 7) is 0.226. The second-order valence-electron chi connectivity index (χ2n) is 3.43. The first-order valence-electron chi connectivity index (χ1n) is 4.69. The molecule has 1 unspecified atom stereocenters. The minimum absolute atomic E-state index is 0.122. The zero-order chi connectivity index (χ0) is 12.2. The molecular weight excluding hydrogens is 294 g/mol. The van der Waals surface area contributed by atoms with E-state index in [0.29, 0.717) is 4.47 Å². The van der Waals surface area contributed by atoms with Crippen LogP contribution in [-0.2, 0) is 14.6 Å². The number of rotatable bonds is 5. The number of nitrogens with two attached hydrogens (primary N) is 1. The van der Waals surface area contributed by atoms with Gasteiger partial charge in [-0.3, -0.25) is 0 Å². The maximum absolute atomic E-state index is 12.0. The topological polar surface area (TPSA) is 69.4 Å². The molecule has 6 heteroatoms. The molecule has 1 aromatic carbocycles. The van der Waals surface area contributed by atoms with Crippen LogP contribution in [0.4, 0.5) is 0 Å². The minimum atomic E-state index is -3.36. The van der Waals surface area contributed by atoms with Crippen LogP contribution in [0.5, 0.6) is 0 Å². The average molecular weight is 308 g/mol. The van der Waals surface area contributed by atoms with E-state index in [2.05, 4.69) is 15.9 Å². The molecule has 0 aliphatic rings. The van der Waals surface area contributed by atoms with E-state index in [9.17, 15) is 8.42 Å². The molecule has 0 aliphatic heterocycles. The van der Waals surface area contributed by atoms with Gasteiger partial charge in [-0.1, -0.05) is 12.1 Å². The number of methoxy groups -OCH3 is 1. The minimum Gasteiger partial charge on any atom is -0.383 e. The molecule has 0 saturated carbocycles. The summed E-state index contributed by atoms with van der Waals surface area (Å²) in [4.78, 5) is 0.265. The predicted molar refractivity (Wildman–Crippen MR) is 66.0 cm³/mol. The Hall–Kier alpha value is -0.430. The van der Waals surface area contributed by atoms with Gasteiger partial charge in [-0.2, -0.15) is 0 Å². The number of sulfone groups is 1. The van der Waals surface area contributed by atoms with Crippen molar-refractivity contribution in [2.75, 3.05) is 19.5 Å². The maximum Gasteiger partial charge on any atom is 0.181 e. The van der Waals surface area contributed by atoms with Gasteiger partial charge in [0.05, 0.1) is 17.3 Å². The lowest BCUT2D eigenvalue weighted by Gasteiger charge is -2.11. The van der Waals surface area contributed by atoms with E-state index in [0.717, 1.165) is 0 Å². The van der Waals surface area contributed by atoms with Gasteiger partial charge < -0.3 is 10.5 Å². The van der Waals surface area contributed by atoms with Crippen molar-refractivity contribution in [3.05, 3.63) is 28.7 Å². The standard InChI is InChI=1S/C10H14BrNO3S/c1-15-6-8(12)7-16(13,14)10-5-3-2-4-9(10)11/h2-5,8H,6-7,12H2,1H3. The fourth-order valence-corrected chi connectivity index (χ4v) is 3.85. The van der Waals surface area contributed by atoms with Crippen LogP contribution in [0.25, 0.3) is 0 Å². The highest BCUT2D eigenvalue weighted by molar-refractivity contribution is 9.10. The lowest BCUT2D eigenvalue weighted by molar-refractivity contribution is 0.186. The Kier molecular flexibility index (Phi) is 4.91. The number of hydrogen-bond acceptors (Lipinski definition) is 4. The zero-order valence-electron chi connectivity index (χ0n) is 8.89. The molecule has 0 heterocycles. The average Bonchev–Trinajstić information content (AvgIpc) is 2.17. The maximum atomic E-state index is 12.0. The van der Waals surface area contributed by atoms with Gasteiger partial charge in [0.25, 0.3) is 0 Å². The van der Waals surface area contributed by atoms with Crippen LogP contribution in [-0.4, -0.2) is 33.9 Å². The smallest absolute Gasteiger partial charge is 0.181 e. The fraction of sp³-hybridized carbons (Fsp3) is 0.400. The predicted octanol–water partition coefficient (Wildman–Crippen LogP) is 1.20. The summed E-state index contributed by atoms with van der Waals surface area (Å²) in [6, 6.07) is 6.17. The Morgan fingerprint density at radius 3 is 2.62 bits per heavy atom. The normalized spacial score (nSPS) is 13.7. The highest BCUT2D eigenvalue weighted by atomic mass is 79.9. The molecule has 0 radical (unpaired) electrons. The second kappa shape index (κ2) is 5.77. The van der Waals surface area contributed by atoms with Crippen LogP contribution in [0.1, 0.15) is 0 Å². The Labute approximate surface area is 104 Å². The number of ether oxygens (including phenoxy) is 1.